The van der Waals surface area contributed by atoms with Crippen LogP contribution in [0.15, 0.2) is 23.3 Å². The van der Waals surface area contributed by atoms with Crippen LogP contribution in [0, 0.1) is 17.3 Å². The summed E-state index contributed by atoms with van der Waals surface area (Å²) in [7, 11) is 0. The third-order valence-electron chi connectivity index (χ3n) is 4.66. The zero-order valence-electron chi connectivity index (χ0n) is 11.0. The van der Waals surface area contributed by atoms with Crippen LogP contribution in [0.5, 0.6) is 0 Å². The summed E-state index contributed by atoms with van der Waals surface area (Å²) in [6.07, 6.45) is 7.63. The molecule has 0 aliphatic heterocycles. The molecule has 0 fully saturated rings. The van der Waals surface area contributed by atoms with Crippen LogP contribution in [0.2, 0.25) is 0 Å². The molecule has 2 aliphatic carbocycles. The summed E-state index contributed by atoms with van der Waals surface area (Å²) in [4.78, 5) is 0. The van der Waals surface area contributed by atoms with E-state index in [0.717, 1.165) is 12.8 Å². The number of hydrogen-bond donors (Lipinski definition) is 1. The maximum atomic E-state index is 10.2. The highest BCUT2D eigenvalue weighted by molar-refractivity contribution is 5.41. The number of hydrogen-bond acceptors (Lipinski definition) is 1. The van der Waals surface area contributed by atoms with Crippen LogP contribution in [0.25, 0.3) is 0 Å². The Kier molecular flexibility index (Phi) is 3.00. The van der Waals surface area contributed by atoms with Crippen LogP contribution in [0.3, 0.4) is 0 Å². The first kappa shape index (κ1) is 11.9. The SMILES string of the molecule is CC1=CC[C@H](O)[C@@]2(C)CCC(C(C)C)C=C12. The van der Waals surface area contributed by atoms with Crippen molar-refractivity contribution in [1.29, 1.82) is 0 Å². The highest BCUT2D eigenvalue weighted by Crippen LogP contribution is 2.49. The lowest BCUT2D eigenvalue weighted by Gasteiger charge is -2.45. The van der Waals surface area contributed by atoms with Crippen molar-refractivity contribution in [2.45, 2.75) is 53.1 Å². The van der Waals surface area contributed by atoms with E-state index in [1.807, 2.05) is 0 Å². The maximum Gasteiger partial charge on any atom is 0.0668 e. The average Bonchev–Trinajstić information content (AvgIpc) is 2.24. The van der Waals surface area contributed by atoms with Crippen molar-refractivity contribution < 1.29 is 5.11 Å². The van der Waals surface area contributed by atoms with E-state index in [4.69, 9.17) is 0 Å². The molecular formula is C15H24O. The van der Waals surface area contributed by atoms with Crippen molar-refractivity contribution in [3.8, 4) is 0 Å². The molecule has 0 saturated heterocycles. The lowest BCUT2D eigenvalue weighted by atomic mass is 9.62. The van der Waals surface area contributed by atoms with Gasteiger partial charge in [0.15, 0.2) is 0 Å². The first-order chi connectivity index (χ1) is 7.45. The minimum Gasteiger partial charge on any atom is -0.392 e. The zero-order chi connectivity index (χ0) is 11.9. The van der Waals surface area contributed by atoms with Gasteiger partial charge in [0.1, 0.15) is 0 Å². The summed E-state index contributed by atoms with van der Waals surface area (Å²) >= 11 is 0. The lowest BCUT2D eigenvalue weighted by Crippen LogP contribution is -2.40. The molecule has 1 nitrogen and oxygen atoms in total. The van der Waals surface area contributed by atoms with Crippen molar-refractivity contribution >= 4 is 0 Å². The van der Waals surface area contributed by atoms with E-state index in [9.17, 15) is 5.11 Å². The Morgan fingerprint density at radius 2 is 2.12 bits per heavy atom. The van der Waals surface area contributed by atoms with Gasteiger partial charge in [-0.2, -0.15) is 0 Å². The van der Waals surface area contributed by atoms with Crippen LogP contribution >= 0.6 is 0 Å². The normalized spacial score (nSPS) is 39.1. The minimum atomic E-state index is -0.185. The molecule has 2 aliphatic rings. The Balaban J connectivity index is 2.39. The van der Waals surface area contributed by atoms with Gasteiger partial charge < -0.3 is 5.11 Å². The van der Waals surface area contributed by atoms with Crippen LogP contribution in [-0.4, -0.2) is 11.2 Å². The fourth-order valence-electron chi connectivity index (χ4n) is 3.20. The molecule has 0 aromatic rings. The second kappa shape index (κ2) is 4.03. The van der Waals surface area contributed by atoms with Gasteiger partial charge in [0.25, 0.3) is 0 Å². The molecule has 0 radical (unpaired) electrons. The molecule has 0 aromatic heterocycles. The van der Waals surface area contributed by atoms with Crippen molar-refractivity contribution in [3.05, 3.63) is 23.3 Å². The van der Waals surface area contributed by atoms with E-state index >= 15 is 0 Å². The molecule has 3 atom stereocenters. The average molecular weight is 220 g/mol. The summed E-state index contributed by atoms with van der Waals surface area (Å²) in [5.41, 5.74) is 2.82. The Morgan fingerprint density at radius 1 is 1.44 bits per heavy atom. The van der Waals surface area contributed by atoms with Gasteiger partial charge in [-0.15, -0.1) is 0 Å². The highest BCUT2D eigenvalue weighted by Gasteiger charge is 2.42. The molecule has 16 heavy (non-hydrogen) atoms. The molecule has 90 valence electrons. The fraction of sp³-hybridized carbons (Fsp3) is 0.733. The second-order valence-electron chi connectivity index (χ2n) is 6.08. The number of allylic oxidation sites excluding steroid dienone is 2. The van der Waals surface area contributed by atoms with Crippen LogP contribution in [0.4, 0.5) is 0 Å². The van der Waals surface area contributed by atoms with Gasteiger partial charge >= 0.3 is 0 Å². The maximum absolute atomic E-state index is 10.2. The molecular weight excluding hydrogens is 196 g/mol. The molecule has 1 heteroatoms. The largest absolute Gasteiger partial charge is 0.392 e. The molecule has 2 rings (SSSR count). The van der Waals surface area contributed by atoms with Crippen molar-refractivity contribution in [1.82, 2.24) is 0 Å². The molecule has 0 amide bonds. The van der Waals surface area contributed by atoms with Gasteiger partial charge in [-0.1, -0.05) is 38.5 Å². The lowest BCUT2D eigenvalue weighted by molar-refractivity contribution is 0.0447. The van der Waals surface area contributed by atoms with Crippen molar-refractivity contribution in [2.75, 3.05) is 0 Å². The van der Waals surface area contributed by atoms with Gasteiger partial charge in [-0.25, -0.2) is 0 Å². The molecule has 1 unspecified atom stereocenters. The van der Waals surface area contributed by atoms with Crippen LogP contribution < -0.4 is 0 Å². The van der Waals surface area contributed by atoms with Gasteiger partial charge in [0.05, 0.1) is 6.10 Å². The minimum absolute atomic E-state index is 0.0181. The third kappa shape index (κ3) is 1.75. The Labute approximate surface area is 99.3 Å². The topological polar surface area (TPSA) is 20.2 Å². The second-order valence-corrected chi connectivity index (χ2v) is 6.08. The Morgan fingerprint density at radius 3 is 2.75 bits per heavy atom. The molecule has 0 bridgehead atoms. The van der Waals surface area contributed by atoms with Crippen molar-refractivity contribution in [3.63, 3.8) is 0 Å². The smallest absolute Gasteiger partial charge is 0.0668 e. The fourth-order valence-corrected chi connectivity index (χ4v) is 3.20. The first-order valence-electron chi connectivity index (χ1n) is 6.52. The van der Waals surface area contributed by atoms with E-state index < -0.39 is 0 Å². The number of aliphatic hydroxyl groups is 1. The zero-order valence-corrected chi connectivity index (χ0v) is 11.0. The van der Waals surface area contributed by atoms with E-state index in [0.29, 0.717) is 11.8 Å². The summed E-state index contributed by atoms with van der Waals surface area (Å²) in [5.74, 6) is 1.40. The molecule has 0 saturated carbocycles. The van der Waals surface area contributed by atoms with Gasteiger partial charge in [0.2, 0.25) is 0 Å². The summed E-state index contributed by atoms with van der Waals surface area (Å²) < 4.78 is 0. The number of aliphatic hydroxyl groups excluding tert-OH is 1. The van der Waals surface area contributed by atoms with Crippen LogP contribution in [0.1, 0.15) is 47.0 Å². The molecule has 0 aromatic carbocycles. The van der Waals surface area contributed by atoms with Gasteiger partial charge in [-0.05, 0) is 43.6 Å². The molecule has 1 N–H and O–H groups in total. The van der Waals surface area contributed by atoms with Crippen molar-refractivity contribution in [2.24, 2.45) is 17.3 Å². The summed E-state index contributed by atoms with van der Waals surface area (Å²) in [6, 6.07) is 0. The Hall–Kier alpha value is -0.560. The standard InChI is InChI=1S/C15H24O/c1-10(2)12-7-8-15(4)13(9-12)11(3)5-6-14(15)16/h5,9-10,12,14,16H,6-8H2,1-4H3/t12?,14-,15-/m0/s1. The van der Waals surface area contributed by atoms with E-state index in [2.05, 4.69) is 39.8 Å². The van der Waals surface area contributed by atoms with E-state index in [1.54, 1.807) is 0 Å². The molecule has 0 heterocycles. The summed E-state index contributed by atoms with van der Waals surface area (Å²) in [6.45, 7) is 9.01. The van der Waals surface area contributed by atoms with E-state index in [-0.39, 0.29) is 11.5 Å². The molecule has 0 spiro atoms. The predicted octanol–water partition coefficient (Wildman–Crippen LogP) is 3.70. The third-order valence-corrected chi connectivity index (χ3v) is 4.66. The quantitative estimate of drug-likeness (QED) is 0.714. The van der Waals surface area contributed by atoms with Gasteiger partial charge in [-0.3, -0.25) is 0 Å². The first-order valence-corrected chi connectivity index (χ1v) is 6.52. The van der Waals surface area contributed by atoms with Crippen LogP contribution in [-0.2, 0) is 0 Å². The number of rotatable bonds is 1. The Bertz CT molecular complexity index is 337. The monoisotopic (exact) mass is 220 g/mol. The number of fused-ring (bicyclic) bond motifs is 1. The highest BCUT2D eigenvalue weighted by atomic mass is 16.3. The summed E-state index contributed by atoms with van der Waals surface area (Å²) in [5, 5.41) is 10.2. The van der Waals surface area contributed by atoms with Gasteiger partial charge in [0, 0.05) is 5.41 Å². The predicted molar refractivity (Wildman–Crippen MR) is 68.1 cm³/mol. The van der Waals surface area contributed by atoms with E-state index in [1.165, 1.54) is 17.6 Å².